The zero-order chi connectivity index (χ0) is 19.0. The first-order valence-electron chi connectivity index (χ1n) is 9.31. The van der Waals surface area contributed by atoms with Crippen LogP contribution in [0.4, 0.5) is 4.79 Å². The average Bonchev–Trinajstić information content (AvgIpc) is 3.10. The number of rotatable bonds is 5. The summed E-state index contributed by atoms with van der Waals surface area (Å²) in [5.41, 5.74) is 0.824. The number of carbonyl (C=O) groups excluding carboxylic acids is 1. The normalized spacial score (nSPS) is 17.9. The van der Waals surface area contributed by atoms with Gasteiger partial charge in [0.15, 0.2) is 5.96 Å². The summed E-state index contributed by atoms with van der Waals surface area (Å²) in [7, 11) is 1.79. The predicted molar refractivity (Wildman–Crippen MR) is 123 cm³/mol. The number of hydrogen-bond acceptors (Lipinski definition) is 4. The fourth-order valence-corrected chi connectivity index (χ4v) is 3.66. The van der Waals surface area contributed by atoms with E-state index >= 15 is 0 Å². The van der Waals surface area contributed by atoms with E-state index in [2.05, 4.69) is 32.5 Å². The Kier molecular flexibility index (Phi) is 10.4. The molecule has 27 heavy (non-hydrogen) atoms. The highest BCUT2D eigenvalue weighted by atomic mass is 127. The second kappa shape index (κ2) is 11.7. The second-order valence-electron chi connectivity index (χ2n) is 7.71. The van der Waals surface area contributed by atoms with Gasteiger partial charge < -0.3 is 20.3 Å². The molecule has 1 aromatic heterocycles. The summed E-state index contributed by atoms with van der Waals surface area (Å²) in [6, 6.07) is 2.11. The molecule has 0 saturated carbocycles. The van der Waals surface area contributed by atoms with Crippen molar-refractivity contribution in [3.05, 3.63) is 22.4 Å². The Morgan fingerprint density at radius 3 is 2.81 bits per heavy atom. The van der Waals surface area contributed by atoms with Gasteiger partial charge in [0.25, 0.3) is 0 Å². The molecule has 0 aromatic carbocycles. The summed E-state index contributed by atoms with van der Waals surface area (Å²) in [6.45, 7) is 8.91. The van der Waals surface area contributed by atoms with Gasteiger partial charge in [-0.25, -0.2) is 4.79 Å². The number of nitrogens with zero attached hydrogens (tertiary/aromatic N) is 2. The Balaban J connectivity index is 0.00000364. The third-order valence-corrected chi connectivity index (χ3v) is 5.01. The minimum absolute atomic E-state index is 0. The highest BCUT2D eigenvalue weighted by molar-refractivity contribution is 14.0. The van der Waals surface area contributed by atoms with E-state index in [-0.39, 0.29) is 30.1 Å². The van der Waals surface area contributed by atoms with Crippen molar-refractivity contribution in [2.75, 3.05) is 26.7 Å². The van der Waals surface area contributed by atoms with Gasteiger partial charge in [0.1, 0.15) is 5.60 Å². The maximum Gasteiger partial charge on any atom is 0.410 e. The molecule has 1 aromatic rings. The van der Waals surface area contributed by atoms with Gasteiger partial charge in [-0.05, 0) is 68.3 Å². The molecule has 0 radical (unpaired) electrons. The predicted octanol–water partition coefficient (Wildman–Crippen LogP) is 4.07. The lowest BCUT2D eigenvalue weighted by atomic mass is 9.95. The van der Waals surface area contributed by atoms with Gasteiger partial charge in [-0.1, -0.05) is 0 Å². The number of carbonyl (C=O) groups is 1. The fourth-order valence-electron chi connectivity index (χ4n) is 2.99. The lowest BCUT2D eigenvalue weighted by molar-refractivity contribution is 0.0162. The number of hydrogen-bond donors (Lipinski definition) is 2. The van der Waals surface area contributed by atoms with Crippen LogP contribution >= 0.6 is 35.3 Å². The van der Waals surface area contributed by atoms with Crippen LogP contribution in [0.1, 0.15) is 45.6 Å². The van der Waals surface area contributed by atoms with Crippen LogP contribution in [0.2, 0.25) is 0 Å². The summed E-state index contributed by atoms with van der Waals surface area (Å²) in [6.07, 6.45) is 3.01. The molecule has 2 rings (SSSR count). The van der Waals surface area contributed by atoms with Crippen molar-refractivity contribution in [2.45, 2.75) is 52.2 Å². The van der Waals surface area contributed by atoms with Gasteiger partial charge >= 0.3 is 6.09 Å². The number of thiophene rings is 1. The van der Waals surface area contributed by atoms with E-state index in [9.17, 15) is 4.79 Å². The molecule has 2 heterocycles. The smallest absolute Gasteiger partial charge is 0.410 e. The lowest BCUT2D eigenvalue weighted by Crippen LogP contribution is -2.44. The van der Waals surface area contributed by atoms with E-state index < -0.39 is 5.60 Å². The van der Waals surface area contributed by atoms with Crippen molar-refractivity contribution in [3.8, 4) is 0 Å². The van der Waals surface area contributed by atoms with E-state index in [1.165, 1.54) is 5.56 Å². The Hall–Kier alpha value is -1.03. The summed E-state index contributed by atoms with van der Waals surface area (Å²) in [5, 5.41) is 10.9. The Bertz CT molecular complexity index is 587. The van der Waals surface area contributed by atoms with Gasteiger partial charge in [-0.15, -0.1) is 24.0 Å². The largest absolute Gasteiger partial charge is 0.444 e. The number of likely N-dealkylation sites (tertiary alicyclic amines) is 1. The van der Waals surface area contributed by atoms with Gasteiger partial charge in [0.05, 0.1) is 0 Å². The maximum atomic E-state index is 12.2. The number of aliphatic imine (C=N–C) groups is 1. The van der Waals surface area contributed by atoms with E-state index in [0.29, 0.717) is 5.92 Å². The molecule has 1 amide bonds. The van der Waals surface area contributed by atoms with E-state index in [1.54, 1.807) is 18.4 Å². The average molecular weight is 508 g/mol. The molecule has 2 N–H and O–H groups in total. The van der Waals surface area contributed by atoms with Crippen molar-refractivity contribution < 1.29 is 9.53 Å². The highest BCUT2D eigenvalue weighted by Crippen LogP contribution is 2.21. The Labute approximate surface area is 184 Å². The summed E-state index contributed by atoms with van der Waals surface area (Å²) < 4.78 is 5.50. The third kappa shape index (κ3) is 9.14. The van der Waals surface area contributed by atoms with Gasteiger partial charge in [0, 0.05) is 33.2 Å². The van der Waals surface area contributed by atoms with Crippen LogP contribution in [0, 0.1) is 5.92 Å². The summed E-state index contributed by atoms with van der Waals surface area (Å²) in [5.74, 6) is 1.31. The first kappa shape index (κ1) is 24.0. The molecule has 1 saturated heterocycles. The molecule has 1 aliphatic rings. The molecule has 1 fully saturated rings. The van der Waals surface area contributed by atoms with Gasteiger partial charge in [-0.3, -0.25) is 4.99 Å². The first-order chi connectivity index (χ1) is 12.4. The number of nitrogens with one attached hydrogen (secondary N) is 2. The Morgan fingerprint density at radius 2 is 2.19 bits per heavy atom. The van der Waals surface area contributed by atoms with Crippen LogP contribution < -0.4 is 10.6 Å². The molecule has 1 aliphatic heterocycles. The molecule has 1 unspecified atom stereocenters. The summed E-state index contributed by atoms with van der Waals surface area (Å²) in [4.78, 5) is 18.4. The zero-order valence-corrected chi connectivity index (χ0v) is 19.9. The second-order valence-corrected chi connectivity index (χ2v) is 8.49. The quantitative estimate of drug-likeness (QED) is 0.358. The minimum atomic E-state index is -0.438. The first-order valence-corrected chi connectivity index (χ1v) is 10.2. The molecule has 1 atom stereocenters. The number of amides is 1. The van der Waals surface area contributed by atoms with Crippen LogP contribution in [0.15, 0.2) is 21.8 Å². The molecule has 0 aliphatic carbocycles. The van der Waals surface area contributed by atoms with Gasteiger partial charge in [0.2, 0.25) is 0 Å². The van der Waals surface area contributed by atoms with Crippen LogP contribution in [0.5, 0.6) is 0 Å². The van der Waals surface area contributed by atoms with Crippen LogP contribution in [-0.2, 0) is 11.3 Å². The lowest BCUT2D eigenvalue weighted by Gasteiger charge is -2.34. The zero-order valence-electron chi connectivity index (χ0n) is 16.8. The van der Waals surface area contributed by atoms with E-state index in [1.807, 2.05) is 25.7 Å². The molecule has 0 spiro atoms. The number of halogens is 1. The van der Waals surface area contributed by atoms with Crippen LogP contribution in [0.3, 0.4) is 0 Å². The molecule has 154 valence electrons. The van der Waals surface area contributed by atoms with Crippen molar-refractivity contribution in [1.29, 1.82) is 0 Å². The third-order valence-electron chi connectivity index (χ3n) is 4.28. The van der Waals surface area contributed by atoms with Crippen molar-refractivity contribution >= 4 is 47.4 Å². The van der Waals surface area contributed by atoms with Gasteiger partial charge in [-0.2, -0.15) is 11.3 Å². The topological polar surface area (TPSA) is 66.0 Å². The molecular formula is C19H33IN4O2S. The standard InChI is InChI=1S/C19H32N4O2S.HI/c1-19(2,3)25-18(24)23-10-5-6-15(13-23)7-9-21-17(20-4)22-12-16-8-11-26-14-16;/h8,11,14-15H,5-7,9-10,12-13H2,1-4H3,(H2,20,21,22);1H. The molecule has 8 heteroatoms. The monoisotopic (exact) mass is 508 g/mol. The number of piperidine rings is 1. The number of guanidine groups is 1. The molecular weight excluding hydrogens is 475 g/mol. The highest BCUT2D eigenvalue weighted by Gasteiger charge is 2.27. The number of ether oxygens (including phenoxy) is 1. The van der Waals surface area contributed by atoms with Crippen molar-refractivity contribution in [2.24, 2.45) is 10.9 Å². The Morgan fingerprint density at radius 1 is 1.41 bits per heavy atom. The van der Waals surface area contributed by atoms with E-state index in [4.69, 9.17) is 4.74 Å². The van der Waals surface area contributed by atoms with Crippen molar-refractivity contribution in [3.63, 3.8) is 0 Å². The van der Waals surface area contributed by atoms with Crippen LogP contribution in [0.25, 0.3) is 0 Å². The fraction of sp³-hybridized carbons (Fsp3) is 0.684. The summed E-state index contributed by atoms with van der Waals surface area (Å²) >= 11 is 1.70. The van der Waals surface area contributed by atoms with Crippen molar-refractivity contribution in [1.82, 2.24) is 15.5 Å². The maximum absolute atomic E-state index is 12.2. The molecule has 0 bridgehead atoms. The SMILES string of the molecule is CN=C(NCCC1CCCN(C(=O)OC(C)(C)C)C1)NCc1ccsc1.I. The minimum Gasteiger partial charge on any atom is -0.444 e. The van der Waals surface area contributed by atoms with E-state index in [0.717, 1.165) is 51.4 Å². The van der Waals surface area contributed by atoms with Crippen LogP contribution in [-0.4, -0.2) is 49.2 Å². The molecule has 6 nitrogen and oxygen atoms in total.